The summed E-state index contributed by atoms with van der Waals surface area (Å²) in [4.78, 5) is 42.4. The quantitative estimate of drug-likeness (QED) is 0.767. The van der Waals surface area contributed by atoms with Crippen molar-refractivity contribution in [3.05, 3.63) is 42.0 Å². The number of nitrogens with two attached hydrogens (primary N) is 1. The van der Waals surface area contributed by atoms with Gasteiger partial charge in [-0.25, -0.2) is 4.98 Å². The minimum atomic E-state index is -0.716. The highest BCUT2D eigenvalue weighted by Gasteiger charge is 2.38. The largest absolute Gasteiger partial charge is 0.476 e. The van der Waals surface area contributed by atoms with Gasteiger partial charge in [-0.3, -0.25) is 19.3 Å². The Morgan fingerprint density at radius 3 is 2.71 bits per heavy atom. The van der Waals surface area contributed by atoms with E-state index in [9.17, 15) is 14.4 Å². The Balaban J connectivity index is 1.84. The number of nitrogens with zero attached hydrogens (tertiary/aromatic N) is 2. The van der Waals surface area contributed by atoms with Crippen LogP contribution in [-0.4, -0.2) is 35.2 Å². The fourth-order valence-corrected chi connectivity index (χ4v) is 2.91. The molecule has 1 aliphatic heterocycles. The third kappa shape index (κ3) is 3.95. The smallest absolute Gasteiger partial charge is 0.270 e. The van der Waals surface area contributed by atoms with E-state index in [0.29, 0.717) is 17.0 Å². The first-order valence-corrected chi connectivity index (χ1v) is 8.91. The zero-order valence-electron chi connectivity index (χ0n) is 15.9. The first kappa shape index (κ1) is 19.3. The van der Waals surface area contributed by atoms with E-state index in [4.69, 9.17) is 10.5 Å². The molecule has 1 unspecified atom stereocenters. The molecule has 2 amide bonds. The van der Waals surface area contributed by atoms with Crippen LogP contribution in [0.3, 0.4) is 0 Å². The van der Waals surface area contributed by atoms with Crippen molar-refractivity contribution < 1.29 is 19.1 Å². The first-order valence-electron chi connectivity index (χ1n) is 8.91. The fourth-order valence-electron chi connectivity index (χ4n) is 2.91. The number of Topliss-reactive ketones (excluding diaryl/α,β-unsaturated/α-hetero) is 1. The van der Waals surface area contributed by atoms with E-state index in [1.165, 1.54) is 11.8 Å². The van der Waals surface area contributed by atoms with Crippen LogP contribution >= 0.6 is 0 Å². The summed E-state index contributed by atoms with van der Waals surface area (Å²) in [5.74, 6) is -0.128. The number of nitrogens with one attached hydrogen (secondary N) is 1. The zero-order chi connectivity index (χ0) is 20.4. The monoisotopic (exact) mass is 382 g/mol. The molecular formula is C20H22N4O4. The number of hydrogen-bond donors (Lipinski definition) is 2. The molecule has 2 heterocycles. The van der Waals surface area contributed by atoms with Gasteiger partial charge in [-0.2, -0.15) is 0 Å². The Labute approximate surface area is 162 Å². The molecule has 8 nitrogen and oxygen atoms in total. The van der Waals surface area contributed by atoms with Crippen molar-refractivity contribution in [2.45, 2.75) is 26.9 Å². The second-order valence-electron chi connectivity index (χ2n) is 6.95. The summed E-state index contributed by atoms with van der Waals surface area (Å²) in [6, 6.07) is 9.82. The predicted octanol–water partition coefficient (Wildman–Crippen LogP) is 2.26. The van der Waals surface area contributed by atoms with Crippen molar-refractivity contribution >= 4 is 34.9 Å². The highest BCUT2D eigenvalue weighted by molar-refractivity contribution is 6.06. The molecule has 0 aliphatic carbocycles. The Hall–Kier alpha value is -3.42. The topological polar surface area (TPSA) is 115 Å². The number of ketones is 1. The number of amides is 2. The molecule has 0 saturated carbocycles. The molecule has 1 aliphatic rings. The summed E-state index contributed by atoms with van der Waals surface area (Å²) in [7, 11) is 0. The fraction of sp³-hybridized carbons (Fsp3) is 0.300. The number of benzene rings is 1. The van der Waals surface area contributed by atoms with Gasteiger partial charge in [-0.1, -0.05) is 26.0 Å². The summed E-state index contributed by atoms with van der Waals surface area (Å²) in [5.41, 5.74) is 6.70. The van der Waals surface area contributed by atoms with Gasteiger partial charge in [0.15, 0.2) is 23.5 Å². The van der Waals surface area contributed by atoms with Crippen LogP contribution < -0.4 is 20.7 Å². The van der Waals surface area contributed by atoms with Crippen LogP contribution in [0.2, 0.25) is 0 Å². The molecule has 1 atom stereocenters. The lowest BCUT2D eigenvalue weighted by Gasteiger charge is -2.34. The highest BCUT2D eigenvalue weighted by Crippen LogP contribution is 2.34. The second kappa shape index (κ2) is 7.67. The third-order valence-electron chi connectivity index (χ3n) is 4.34. The molecule has 0 fully saturated rings. The normalized spacial score (nSPS) is 15.8. The van der Waals surface area contributed by atoms with Gasteiger partial charge in [0.1, 0.15) is 12.4 Å². The molecule has 3 N–H and O–H groups in total. The highest BCUT2D eigenvalue weighted by atomic mass is 16.5. The number of ether oxygens (including phenoxy) is 1. The van der Waals surface area contributed by atoms with Crippen LogP contribution in [0.1, 0.15) is 31.1 Å². The average Bonchev–Trinajstić information content (AvgIpc) is 2.64. The van der Waals surface area contributed by atoms with E-state index in [-0.39, 0.29) is 35.8 Å². The standard InChI is InChI=1S/C20H22N4O4/c1-11(2)18-20(27)24(19-15(28-18)7-8-16(21)23-19)10-17(26)22-14-6-4-5-13(9-14)12(3)25/h4-9,11,18H,10H2,1-3H3,(H2,21,23)(H,22,26). The predicted molar refractivity (Wildman–Crippen MR) is 105 cm³/mol. The van der Waals surface area contributed by atoms with Gasteiger partial charge in [-0.05, 0) is 37.1 Å². The summed E-state index contributed by atoms with van der Waals surface area (Å²) >= 11 is 0. The van der Waals surface area contributed by atoms with Crippen molar-refractivity contribution in [1.29, 1.82) is 0 Å². The summed E-state index contributed by atoms with van der Waals surface area (Å²) in [6.07, 6.45) is -0.716. The lowest BCUT2D eigenvalue weighted by Crippen LogP contribution is -2.51. The molecule has 1 aromatic carbocycles. The number of pyridine rings is 1. The number of rotatable bonds is 5. The molecular weight excluding hydrogens is 360 g/mol. The lowest BCUT2D eigenvalue weighted by molar-refractivity contribution is -0.129. The lowest BCUT2D eigenvalue weighted by atomic mass is 10.0. The average molecular weight is 382 g/mol. The van der Waals surface area contributed by atoms with Crippen LogP contribution in [0.5, 0.6) is 5.75 Å². The molecule has 0 radical (unpaired) electrons. The van der Waals surface area contributed by atoms with Crippen LogP contribution in [0.4, 0.5) is 17.3 Å². The van der Waals surface area contributed by atoms with E-state index < -0.39 is 12.0 Å². The number of aromatic nitrogens is 1. The van der Waals surface area contributed by atoms with Gasteiger partial charge < -0.3 is 15.8 Å². The van der Waals surface area contributed by atoms with E-state index in [0.717, 1.165) is 0 Å². The van der Waals surface area contributed by atoms with Crippen LogP contribution in [0.15, 0.2) is 36.4 Å². The van der Waals surface area contributed by atoms with E-state index >= 15 is 0 Å². The minimum absolute atomic E-state index is 0.0870. The van der Waals surface area contributed by atoms with Crippen LogP contribution in [0, 0.1) is 5.92 Å². The maximum absolute atomic E-state index is 12.9. The third-order valence-corrected chi connectivity index (χ3v) is 4.34. The van der Waals surface area contributed by atoms with Gasteiger partial charge >= 0.3 is 0 Å². The van der Waals surface area contributed by atoms with E-state index in [1.54, 1.807) is 36.4 Å². The Kier molecular flexibility index (Phi) is 5.30. The number of hydrogen-bond acceptors (Lipinski definition) is 6. The molecule has 146 valence electrons. The maximum Gasteiger partial charge on any atom is 0.270 e. The Morgan fingerprint density at radius 1 is 1.29 bits per heavy atom. The number of carbonyl (C=O) groups is 3. The number of nitrogen functional groups attached to an aromatic ring is 1. The number of fused-ring (bicyclic) bond motifs is 1. The number of carbonyl (C=O) groups excluding carboxylic acids is 3. The Morgan fingerprint density at radius 2 is 2.04 bits per heavy atom. The van der Waals surface area contributed by atoms with Gasteiger partial charge in [-0.15, -0.1) is 0 Å². The SMILES string of the molecule is CC(=O)c1cccc(NC(=O)CN2C(=O)C(C(C)C)Oc3ccc(N)nc32)c1. The first-order chi connectivity index (χ1) is 13.3. The van der Waals surface area contributed by atoms with Crippen molar-refractivity contribution in [1.82, 2.24) is 4.98 Å². The molecule has 28 heavy (non-hydrogen) atoms. The summed E-state index contributed by atoms with van der Waals surface area (Å²) in [5, 5.41) is 2.71. The van der Waals surface area contributed by atoms with E-state index in [1.807, 2.05) is 13.8 Å². The van der Waals surface area contributed by atoms with Gasteiger partial charge in [0, 0.05) is 11.3 Å². The molecule has 3 rings (SSSR count). The van der Waals surface area contributed by atoms with Gasteiger partial charge in [0.05, 0.1) is 0 Å². The van der Waals surface area contributed by atoms with Crippen molar-refractivity contribution in [3.63, 3.8) is 0 Å². The van der Waals surface area contributed by atoms with Crippen molar-refractivity contribution in [3.8, 4) is 5.75 Å². The second-order valence-corrected chi connectivity index (χ2v) is 6.95. The molecule has 1 aromatic heterocycles. The van der Waals surface area contributed by atoms with Crippen LogP contribution in [-0.2, 0) is 9.59 Å². The van der Waals surface area contributed by atoms with Crippen molar-refractivity contribution in [2.75, 3.05) is 22.5 Å². The molecule has 2 aromatic rings. The molecule has 0 bridgehead atoms. The van der Waals surface area contributed by atoms with Gasteiger partial charge in [0.2, 0.25) is 5.91 Å². The zero-order valence-corrected chi connectivity index (χ0v) is 15.9. The molecule has 0 saturated heterocycles. The minimum Gasteiger partial charge on any atom is -0.476 e. The van der Waals surface area contributed by atoms with Gasteiger partial charge in [0.25, 0.3) is 5.91 Å². The van der Waals surface area contributed by atoms with Crippen LogP contribution in [0.25, 0.3) is 0 Å². The molecule has 8 heteroatoms. The number of anilines is 3. The summed E-state index contributed by atoms with van der Waals surface area (Å²) < 4.78 is 5.75. The van der Waals surface area contributed by atoms with Crippen molar-refractivity contribution in [2.24, 2.45) is 5.92 Å². The Bertz CT molecular complexity index is 942. The van der Waals surface area contributed by atoms with E-state index in [2.05, 4.69) is 10.3 Å². The molecule has 0 spiro atoms. The summed E-state index contributed by atoms with van der Waals surface area (Å²) in [6.45, 7) is 4.93. The maximum atomic E-state index is 12.9.